The first-order valence-corrected chi connectivity index (χ1v) is 10.2. The normalized spacial score (nSPS) is 19.0. The summed E-state index contributed by atoms with van der Waals surface area (Å²) in [5.41, 5.74) is 6.07. The molecule has 1 atom stereocenters. The van der Waals surface area contributed by atoms with Gasteiger partial charge in [-0.05, 0) is 31.4 Å². The Morgan fingerprint density at radius 1 is 1.13 bits per heavy atom. The second-order valence-electron chi connectivity index (χ2n) is 6.32. The minimum atomic E-state index is -0.259. The summed E-state index contributed by atoms with van der Waals surface area (Å²) >= 11 is 0. The second-order valence-corrected chi connectivity index (χ2v) is 9.36. The molecule has 1 aromatic carbocycles. The van der Waals surface area contributed by atoms with E-state index < -0.39 is 0 Å². The second kappa shape index (κ2) is 12.3. The Bertz CT molecular complexity index is 480. The van der Waals surface area contributed by atoms with E-state index in [0.717, 1.165) is 0 Å². The molecule has 1 unspecified atom stereocenters. The van der Waals surface area contributed by atoms with Gasteiger partial charge < -0.3 is 14.9 Å². The first-order valence-electron chi connectivity index (χ1n) is 7.72. The molecule has 1 aliphatic rings. The molecule has 2 radical (unpaired) electrons. The third kappa shape index (κ3) is 7.14. The van der Waals surface area contributed by atoms with Crippen LogP contribution in [0.1, 0.15) is 46.6 Å². The fourth-order valence-corrected chi connectivity index (χ4v) is 4.17. The number of allylic oxidation sites excluding steroid dienone is 4. The fraction of sp³-hybridized carbons (Fsp3) is 0.476. The molecule has 128 valence electrons. The molecule has 0 spiro atoms. The zero-order valence-electron chi connectivity index (χ0n) is 16.8. The third-order valence-corrected chi connectivity index (χ3v) is 7.34. The van der Waals surface area contributed by atoms with E-state index >= 15 is 0 Å². The van der Waals surface area contributed by atoms with Crippen LogP contribution in [-0.2, 0) is 32.6 Å². The summed E-state index contributed by atoms with van der Waals surface area (Å²) in [5.74, 6) is 0. The van der Waals surface area contributed by atoms with Crippen molar-refractivity contribution >= 4 is 8.80 Å². The van der Waals surface area contributed by atoms with E-state index in [0.29, 0.717) is 5.04 Å². The van der Waals surface area contributed by atoms with Crippen molar-refractivity contribution in [2.45, 2.75) is 65.6 Å². The molecule has 2 heteroatoms. The molecule has 0 heterocycles. The van der Waals surface area contributed by atoms with Crippen LogP contribution in [0.3, 0.4) is 0 Å². The predicted octanol–water partition coefficient (Wildman–Crippen LogP) is 7.05. The summed E-state index contributed by atoms with van der Waals surface area (Å²) in [7, 11) is -0.259. The minimum absolute atomic E-state index is 0. The molecule has 23 heavy (non-hydrogen) atoms. The number of hydrogen-bond acceptors (Lipinski definition) is 0. The molecular formula is C21H36SiZr. The van der Waals surface area contributed by atoms with Crippen molar-refractivity contribution in [2.75, 3.05) is 0 Å². The number of aryl methyl sites for hydroxylation is 1. The zero-order valence-corrected chi connectivity index (χ0v) is 20.3. The van der Waals surface area contributed by atoms with E-state index in [9.17, 15) is 0 Å². The summed E-state index contributed by atoms with van der Waals surface area (Å²) < 4.78 is 0. The Kier molecular flexibility index (Phi) is 14.9. The monoisotopic (exact) mass is 406 g/mol. The Hall–Kier alpha value is -0.0700. The van der Waals surface area contributed by atoms with E-state index in [-0.39, 0.29) is 49.9 Å². The SMILES string of the molecule is CC1=CC(C)([Si](C)C)C(C)=C1C.CCCc1cc[cH-]c1.[CH3-].[CH3-].[Zr+3]. The van der Waals surface area contributed by atoms with Crippen LogP contribution in [0.25, 0.3) is 0 Å². The Balaban J connectivity index is -0.000000325. The van der Waals surface area contributed by atoms with Gasteiger partial charge in [0, 0.05) is 0 Å². The van der Waals surface area contributed by atoms with Crippen LogP contribution < -0.4 is 0 Å². The van der Waals surface area contributed by atoms with Crippen LogP contribution in [0, 0.1) is 14.9 Å². The summed E-state index contributed by atoms with van der Waals surface area (Å²) in [6.45, 7) is 16.2. The Morgan fingerprint density at radius 2 is 1.70 bits per heavy atom. The summed E-state index contributed by atoms with van der Waals surface area (Å²) in [5, 5.41) is 0.416. The molecule has 0 aliphatic heterocycles. The minimum Gasteiger partial charge on any atom is -0.358 e. The van der Waals surface area contributed by atoms with Crippen molar-refractivity contribution in [3.63, 3.8) is 0 Å². The van der Waals surface area contributed by atoms with E-state index in [1.165, 1.54) is 29.6 Å². The summed E-state index contributed by atoms with van der Waals surface area (Å²) in [6, 6.07) is 8.52. The maximum atomic E-state index is 2.46. The van der Waals surface area contributed by atoms with Crippen molar-refractivity contribution in [1.29, 1.82) is 0 Å². The average molecular weight is 408 g/mol. The molecule has 1 aliphatic carbocycles. The maximum Gasteiger partial charge on any atom is 3.00 e. The van der Waals surface area contributed by atoms with Crippen LogP contribution in [0.4, 0.5) is 0 Å². The molecule has 0 aromatic heterocycles. The predicted molar refractivity (Wildman–Crippen MR) is 107 cm³/mol. The van der Waals surface area contributed by atoms with Crippen LogP contribution in [0.2, 0.25) is 18.1 Å². The molecule has 0 N–H and O–H groups in total. The molecular weight excluding hydrogens is 372 g/mol. The van der Waals surface area contributed by atoms with E-state index in [1.807, 2.05) is 0 Å². The van der Waals surface area contributed by atoms with Gasteiger partial charge in [0.15, 0.2) is 0 Å². The fourth-order valence-electron chi connectivity index (χ4n) is 2.72. The molecule has 2 rings (SSSR count). The van der Waals surface area contributed by atoms with Crippen LogP contribution >= 0.6 is 0 Å². The Morgan fingerprint density at radius 3 is 1.96 bits per heavy atom. The van der Waals surface area contributed by atoms with E-state index in [1.54, 1.807) is 5.57 Å². The van der Waals surface area contributed by atoms with Crippen molar-refractivity contribution in [3.8, 4) is 0 Å². The first kappa shape index (κ1) is 27.8. The summed E-state index contributed by atoms with van der Waals surface area (Å²) in [4.78, 5) is 0. The molecule has 0 saturated carbocycles. The van der Waals surface area contributed by atoms with Gasteiger partial charge >= 0.3 is 26.2 Å². The molecule has 0 saturated heterocycles. The molecule has 0 bridgehead atoms. The van der Waals surface area contributed by atoms with Gasteiger partial charge in [0.05, 0.1) is 8.80 Å². The smallest absolute Gasteiger partial charge is 0.358 e. The maximum absolute atomic E-state index is 2.46. The molecule has 0 nitrogen and oxygen atoms in total. The quantitative estimate of drug-likeness (QED) is 0.372. The molecule has 0 fully saturated rings. The van der Waals surface area contributed by atoms with E-state index in [4.69, 9.17) is 0 Å². The van der Waals surface area contributed by atoms with Gasteiger partial charge in [0.2, 0.25) is 0 Å². The van der Waals surface area contributed by atoms with E-state index in [2.05, 4.69) is 78.1 Å². The molecule has 0 amide bonds. The largest absolute Gasteiger partial charge is 3.00 e. The number of hydrogen-bond donors (Lipinski definition) is 0. The van der Waals surface area contributed by atoms with Gasteiger partial charge in [-0.3, -0.25) is 0 Å². The van der Waals surface area contributed by atoms with Gasteiger partial charge in [0.25, 0.3) is 0 Å². The van der Waals surface area contributed by atoms with Crippen molar-refractivity contribution in [1.82, 2.24) is 0 Å². The van der Waals surface area contributed by atoms with Gasteiger partial charge in [-0.25, -0.2) is 6.07 Å². The van der Waals surface area contributed by atoms with Gasteiger partial charge in [-0.15, -0.1) is 0 Å². The van der Waals surface area contributed by atoms with Crippen molar-refractivity contribution in [2.24, 2.45) is 0 Å². The van der Waals surface area contributed by atoms with Gasteiger partial charge in [-0.2, -0.15) is 23.8 Å². The summed E-state index contributed by atoms with van der Waals surface area (Å²) in [6.07, 6.45) is 4.95. The molecule has 1 aromatic rings. The van der Waals surface area contributed by atoms with Crippen molar-refractivity contribution < 1.29 is 26.2 Å². The van der Waals surface area contributed by atoms with Gasteiger partial charge in [-0.1, -0.05) is 57.0 Å². The zero-order chi connectivity index (χ0) is 15.3. The standard InChI is InChI=1S/C11H19Si.C8H11.2CH3.Zr/c1-8-7-11(4,12(5)6)10(3)9(8)2;1-2-5-8-6-3-4-7-8;;;/h7H,1-6H3;3-4,6-7H,2,5H2,1H3;2*1H3;/q;3*-1;+3. The first-order chi connectivity index (χ1) is 9.32. The van der Waals surface area contributed by atoms with Gasteiger partial charge in [0.1, 0.15) is 0 Å². The van der Waals surface area contributed by atoms with Crippen LogP contribution in [0.15, 0.2) is 47.1 Å². The average Bonchev–Trinajstić information content (AvgIpc) is 2.96. The Labute approximate surface area is 167 Å². The topological polar surface area (TPSA) is 0 Å². The van der Waals surface area contributed by atoms with Crippen LogP contribution in [0.5, 0.6) is 0 Å². The third-order valence-electron chi connectivity index (χ3n) is 4.75. The number of rotatable bonds is 3. The van der Waals surface area contributed by atoms with Crippen LogP contribution in [-0.4, -0.2) is 8.80 Å². The van der Waals surface area contributed by atoms with Crippen molar-refractivity contribution in [3.05, 3.63) is 67.5 Å².